The number of H-pyrrole nitrogens is 1. The van der Waals surface area contributed by atoms with Gasteiger partial charge in [-0.05, 0) is 55.7 Å². The molecule has 23 heavy (non-hydrogen) atoms. The summed E-state index contributed by atoms with van der Waals surface area (Å²) in [4.78, 5) is 6.16. The van der Waals surface area contributed by atoms with E-state index in [0.29, 0.717) is 6.04 Å². The van der Waals surface area contributed by atoms with Gasteiger partial charge in [0.05, 0.1) is 0 Å². The summed E-state index contributed by atoms with van der Waals surface area (Å²) in [6.45, 7) is 4.85. The van der Waals surface area contributed by atoms with Gasteiger partial charge in [-0.25, -0.2) is 0 Å². The second-order valence-corrected chi connectivity index (χ2v) is 7.38. The highest BCUT2D eigenvalue weighted by atomic mass is 15.2. The SMILES string of the molecule is CCCC1CC2C=CC1N(CCCc1c[nH]c3ccccc13)C2. The van der Waals surface area contributed by atoms with Gasteiger partial charge in [-0.2, -0.15) is 0 Å². The van der Waals surface area contributed by atoms with Crippen LogP contribution in [0.3, 0.4) is 0 Å². The Morgan fingerprint density at radius 1 is 1.22 bits per heavy atom. The third-order valence-corrected chi connectivity index (χ3v) is 5.79. The third-order valence-electron chi connectivity index (χ3n) is 5.79. The van der Waals surface area contributed by atoms with Crippen molar-refractivity contribution < 1.29 is 0 Å². The molecule has 2 nitrogen and oxygen atoms in total. The summed E-state index contributed by atoms with van der Waals surface area (Å²) in [5.41, 5.74) is 2.74. The van der Waals surface area contributed by atoms with Gasteiger partial charge in [0.15, 0.2) is 0 Å². The molecule has 3 atom stereocenters. The molecule has 3 heterocycles. The molecule has 0 radical (unpaired) electrons. The number of hydrogen-bond donors (Lipinski definition) is 1. The number of nitrogens with one attached hydrogen (secondary N) is 1. The second kappa shape index (κ2) is 6.52. The van der Waals surface area contributed by atoms with Crippen LogP contribution in [0.1, 0.15) is 38.2 Å². The van der Waals surface area contributed by atoms with Crippen molar-refractivity contribution in [2.75, 3.05) is 13.1 Å². The minimum Gasteiger partial charge on any atom is -0.361 e. The van der Waals surface area contributed by atoms with Gasteiger partial charge in [0.2, 0.25) is 0 Å². The van der Waals surface area contributed by atoms with Crippen molar-refractivity contribution in [1.82, 2.24) is 9.88 Å². The molecule has 0 saturated carbocycles. The Hall–Kier alpha value is -1.54. The first-order chi connectivity index (χ1) is 11.3. The molecule has 1 N–H and O–H groups in total. The van der Waals surface area contributed by atoms with E-state index in [-0.39, 0.29) is 0 Å². The van der Waals surface area contributed by atoms with Gasteiger partial charge in [-0.1, -0.05) is 43.7 Å². The normalized spacial score (nSPS) is 27.1. The quantitative estimate of drug-likeness (QED) is 0.761. The van der Waals surface area contributed by atoms with Crippen LogP contribution < -0.4 is 0 Å². The zero-order chi connectivity index (χ0) is 15.6. The van der Waals surface area contributed by atoms with Crippen LogP contribution in [0, 0.1) is 11.8 Å². The molecule has 1 aromatic heterocycles. The van der Waals surface area contributed by atoms with E-state index in [1.165, 1.54) is 61.7 Å². The number of rotatable bonds is 6. The minimum atomic E-state index is 0.711. The van der Waals surface area contributed by atoms with Crippen LogP contribution in [0.4, 0.5) is 0 Å². The molecule has 2 aliphatic heterocycles. The monoisotopic (exact) mass is 308 g/mol. The lowest BCUT2D eigenvalue weighted by Crippen LogP contribution is -2.50. The lowest BCUT2D eigenvalue weighted by Gasteiger charge is -2.46. The van der Waals surface area contributed by atoms with Crippen molar-refractivity contribution in [2.24, 2.45) is 11.8 Å². The molecule has 2 aromatic rings. The van der Waals surface area contributed by atoms with E-state index in [4.69, 9.17) is 0 Å². The fourth-order valence-electron chi connectivity index (χ4n) is 4.72. The van der Waals surface area contributed by atoms with E-state index in [0.717, 1.165) is 11.8 Å². The van der Waals surface area contributed by atoms with Crippen molar-refractivity contribution in [3.05, 3.63) is 48.2 Å². The molecular formula is C21H28N2. The molecule has 1 aliphatic carbocycles. The number of aryl methyl sites for hydroxylation is 1. The molecular weight excluding hydrogens is 280 g/mol. The average Bonchev–Trinajstić information content (AvgIpc) is 2.99. The predicted octanol–water partition coefficient (Wildman–Crippen LogP) is 4.78. The second-order valence-electron chi connectivity index (χ2n) is 7.38. The van der Waals surface area contributed by atoms with Gasteiger partial charge in [0.1, 0.15) is 0 Å². The molecule has 2 bridgehead atoms. The first-order valence-electron chi connectivity index (χ1n) is 9.32. The number of aromatic nitrogens is 1. The van der Waals surface area contributed by atoms with Crippen LogP contribution in [0.25, 0.3) is 10.9 Å². The van der Waals surface area contributed by atoms with Gasteiger partial charge in [0.25, 0.3) is 0 Å². The van der Waals surface area contributed by atoms with E-state index < -0.39 is 0 Å². The molecule has 3 aliphatic rings. The van der Waals surface area contributed by atoms with E-state index in [2.05, 4.69) is 59.4 Å². The molecule has 1 saturated heterocycles. The maximum Gasteiger partial charge on any atom is 0.0456 e. The van der Waals surface area contributed by atoms with Crippen LogP contribution in [0.2, 0.25) is 0 Å². The van der Waals surface area contributed by atoms with Gasteiger partial charge in [-0.3, -0.25) is 4.90 Å². The van der Waals surface area contributed by atoms with Crippen LogP contribution in [-0.2, 0) is 6.42 Å². The Bertz CT molecular complexity index is 684. The maximum absolute atomic E-state index is 3.40. The topological polar surface area (TPSA) is 19.0 Å². The number of fused-ring (bicyclic) bond motifs is 3. The smallest absolute Gasteiger partial charge is 0.0456 e. The number of hydrogen-bond acceptors (Lipinski definition) is 1. The summed E-state index contributed by atoms with van der Waals surface area (Å²) in [6, 6.07) is 9.37. The van der Waals surface area contributed by atoms with Gasteiger partial charge in [0, 0.05) is 29.7 Å². The highest BCUT2D eigenvalue weighted by Crippen LogP contribution is 2.36. The Morgan fingerprint density at radius 3 is 3.00 bits per heavy atom. The largest absolute Gasteiger partial charge is 0.361 e. The fraction of sp³-hybridized carbons (Fsp3) is 0.524. The zero-order valence-corrected chi connectivity index (χ0v) is 14.2. The lowest BCUT2D eigenvalue weighted by atomic mass is 9.75. The highest BCUT2D eigenvalue weighted by molar-refractivity contribution is 5.82. The number of nitrogens with zero attached hydrogens (tertiary/aromatic N) is 1. The van der Waals surface area contributed by atoms with Crippen LogP contribution >= 0.6 is 0 Å². The summed E-state index contributed by atoms with van der Waals surface area (Å²) in [5, 5.41) is 1.40. The van der Waals surface area contributed by atoms with Crippen LogP contribution in [0.5, 0.6) is 0 Å². The number of para-hydroxylation sites is 1. The number of aromatic amines is 1. The lowest BCUT2D eigenvalue weighted by molar-refractivity contribution is 0.0777. The Kier molecular flexibility index (Phi) is 4.26. The van der Waals surface area contributed by atoms with E-state index in [1.807, 2.05) is 0 Å². The maximum atomic E-state index is 3.40. The van der Waals surface area contributed by atoms with Gasteiger partial charge >= 0.3 is 0 Å². The summed E-state index contributed by atoms with van der Waals surface area (Å²) in [6.07, 6.45) is 13.8. The zero-order valence-electron chi connectivity index (χ0n) is 14.2. The van der Waals surface area contributed by atoms with Crippen molar-refractivity contribution in [1.29, 1.82) is 0 Å². The first-order valence-corrected chi connectivity index (χ1v) is 9.32. The van der Waals surface area contributed by atoms with E-state index in [9.17, 15) is 0 Å². The van der Waals surface area contributed by atoms with Crippen LogP contribution in [0.15, 0.2) is 42.6 Å². The Morgan fingerprint density at radius 2 is 2.13 bits per heavy atom. The summed E-state index contributed by atoms with van der Waals surface area (Å²) >= 11 is 0. The highest BCUT2D eigenvalue weighted by Gasteiger charge is 2.36. The molecule has 0 amide bonds. The Labute approximate surface area is 139 Å². The third kappa shape index (κ3) is 2.97. The Balaban J connectivity index is 1.37. The summed E-state index contributed by atoms with van der Waals surface area (Å²) < 4.78 is 0. The summed E-state index contributed by atoms with van der Waals surface area (Å²) in [5.74, 6) is 1.71. The molecule has 5 rings (SSSR count). The van der Waals surface area contributed by atoms with E-state index in [1.54, 1.807) is 0 Å². The van der Waals surface area contributed by atoms with E-state index >= 15 is 0 Å². The van der Waals surface area contributed by atoms with Crippen molar-refractivity contribution in [2.45, 2.75) is 45.1 Å². The van der Waals surface area contributed by atoms with Gasteiger partial charge in [-0.15, -0.1) is 0 Å². The molecule has 2 heteroatoms. The first kappa shape index (κ1) is 15.0. The fourth-order valence-corrected chi connectivity index (χ4v) is 4.72. The van der Waals surface area contributed by atoms with Crippen molar-refractivity contribution >= 4 is 10.9 Å². The molecule has 3 unspecified atom stereocenters. The minimum absolute atomic E-state index is 0.711. The molecule has 1 aromatic carbocycles. The van der Waals surface area contributed by atoms with Crippen molar-refractivity contribution in [3.8, 4) is 0 Å². The molecule has 1 fully saturated rings. The average molecular weight is 308 g/mol. The van der Waals surface area contributed by atoms with Crippen LogP contribution in [-0.4, -0.2) is 29.0 Å². The standard InChI is InChI=1S/C21H28N2/c1-2-6-17-13-16-10-11-21(17)23(15-16)12-5-7-18-14-22-20-9-4-3-8-19(18)20/h3-4,8-11,14,16-17,21-22H,2,5-7,12-13,15H2,1H3. The summed E-state index contributed by atoms with van der Waals surface area (Å²) in [7, 11) is 0. The predicted molar refractivity (Wildman–Crippen MR) is 97.6 cm³/mol. The molecule has 122 valence electrons. The van der Waals surface area contributed by atoms with Gasteiger partial charge < -0.3 is 4.98 Å². The molecule has 0 spiro atoms. The van der Waals surface area contributed by atoms with Crippen molar-refractivity contribution in [3.63, 3.8) is 0 Å². The number of benzene rings is 1. The number of piperidine rings is 1.